The molecule has 1 aliphatic heterocycles. The number of aryl methyl sites for hydroxylation is 1. The van der Waals surface area contributed by atoms with Crippen LogP contribution in [0.3, 0.4) is 0 Å². The Balaban J connectivity index is 1.37. The molecule has 0 N–H and O–H groups in total. The van der Waals surface area contributed by atoms with Crippen molar-refractivity contribution in [3.8, 4) is 11.5 Å². The van der Waals surface area contributed by atoms with Crippen molar-refractivity contribution in [2.24, 2.45) is 7.05 Å². The maximum Gasteiger partial charge on any atom is 0.255 e. The largest absolute Gasteiger partial charge is 0.352 e. The molecule has 9 nitrogen and oxygen atoms in total. The van der Waals surface area contributed by atoms with Gasteiger partial charge in [0.05, 0.1) is 17.5 Å². The van der Waals surface area contributed by atoms with Crippen LogP contribution >= 0.6 is 0 Å². The van der Waals surface area contributed by atoms with Gasteiger partial charge in [0.15, 0.2) is 11.5 Å². The predicted octanol–water partition coefficient (Wildman–Crippen LogP) is 1.49. The van der Waals surface area contributed by atoms with E-state index in [0.29, 0.717) is 24.3 Å². The third kappa shape index (κ3) is 3.10. The Bertz CT molecular complexity index is 1160. The minimum atomic E-state index is 0.0113. The molecule has 1 amide bonds. The van der Waals surface area contributed by atoms with Crippen LogP contribution in [0, 0.1) is 0 Å². The summed E-state index contributed by atoms with van der Waals surface area (Å²) in [5.41, 5.74) is 2.28. The van der Waals surface area contributed by atoms with Gasteiger partial charge in [0.25, 0.3) is 5.91 Å². The number of hydrogen-bond acceptors (Lipinski definition) is 6. The second-order valence-corrected chi connectivity index (χ2v) is 7.02. The highest BCUT2D eigenvalue weighted by atomic mass is 16.2. The third-order valence-electron chi connectivity index (χ3n) is 5.26. The molecule has 0 atom stereocenters. The molecule has 29 heavy (non-hydrogen) atoms. The molecule has 1 aliphatic rings. The highest BCUT2D eigenvalue weighted by Crippen LogP contribution is 2.20. The summed E-state index contributed by atoms with van der Waals surface area (Å²) >= 11 is 0. The summed E-state index contributed by atoms with van der Waals surface area (Å²) in [6, 6.07) is 7.59. The highest BCUT2D eigenvalue weighted by molar-refractivity contribution is 5.94. The normalized spacial score (nSPS) is 14.5. The van der Waals surface area contributed by atoms with Crippen LogP contribution in [0.5, 0.6) is 0 Å². The number of aromatic nitrogens is 6. The zero-order valence-electron chi connectivity index (χ0n) is 16.0. The number of hydrogen-bond donors (Lipinski definition) is 0. The van der Waals surface area contributed by atoms with E-state index in [0.717, 1.165) is 30.4 Å². The van der Waals surface area contributed by atoms with Crippen molar-refractivity contribution in [1.82, 2.24) is 34.0 Å². The van der Waals surface area contributed by atoms with Crippen molar-refractivity contribution in [3.63, 3.8) is 0 Å². The molecule has 5 heterocycles. The van der Waals surface area contributed by atoms with Gasteiger partial charge in [-0.1, -0.05) is 0 Å². The molecule has 0 aromatic carbocycles. The lowest BCUT2D eigenvalue weighted by atomic mass is 10.2. The molecular weight excluding hydrogens is 368 g/mol. The SMILES string of the molecule is Cn1cccc1-c1nnc2ccc(C(=O)N3CCN(c4cnccn4)CC3)cn12. The summed E-state index contributed by atoms with van der Waals surface area (Å²) in [6.45, 7) is 2.74. The Labute approximate surface area is 167 Å². The first kappa shape index (κ1) is 17.4. The lowest BCUT2D eigenvalue weighted by Gasteiger charge is -2.35. The number of amides is 1. The summed E-state index contributed by atoms with van der Waals surface area (Å²) in [6.07, 6.45) is 8.89. The summed E-state index contributed by atoms with van der Waals surface area (Å²) in [7, 11) is 1.96. The molecule has 9 heteroatoms. The lowest BCUT2D eigenvalue weighted by Crippen LogP contribution is -2.49. The number of rotatable bonds is 3. The first-order valence-electron chi connectivity index (χ1n) is 9.47. The number of fused-ring (bicyclic) bond motifs is 1. The number of carbonyl (C=O) groups is 1. The molecule has 4 aromatic heterocycles. The van der Waals surface area contributed by atoms with Crippen molar-refractivity contribution >= 4 is 17.4 Å². The fraction of sp³-hybridized carbons (Fsp3) is 0.250. The summed E-state index contributed by atoms with van der Waals surface area (Å²) < 4.78 is 3.86. The van der Waals surface area contributed by atoms with Gasteiger partial charge in [-0.2, -0.15) is 0 Å². The van der Waals surface area contributed by atoms with Gasteiger partial charge in [-0.15, -0.1) is 10.2 Å². The van der Waals surface area contributed by atoms with Crippen LogP contribution in [0.25, 0.3) is 17.2 Å². The van der Waals surface area contributed by atoms with E-state index in [1.807, 2.05) is 57.6 Å². The Kier molecular flexibility index (Phi) is 4.19. The van der Waals surface area contributed by atoms with Gasteiger partial charge >= 0.3 is 0 Å². The van der Waals surface area contributed by atoms with Gasteiger partial charge < -0.3 is 14.4 Å². The van der Waals surface area contributed by atoms with Gasteiger partial charge in [0.1, 0.15) is 5.82 Å². The quantitative estimate of drug-likeness (QED) is 0.529. The maximum atomic E-state index is 13.1. The van der Waals surface area contributed by atoms with Gasteiger partial charge in [0.2, 0.25) is 0 Å². The van der Waals surface area contributed by atoms with Gasteiger partial charge in [-0.3, -0.25) is 14.2 Å². The molecule has 1 fully saturated rings. The molecule has 0 radical (unpaired) electrons. The second-order valence-electron chi connectivity index (χ2n) is 7.02. The van der Waals surface area contributed by atoms with Crippen LogP contribution in [0.2, 0.25) is 0 Å². The van der Waals surface area contributed by atoms with Crippen LogP contribution in [-0.4, -0.2) is 66.1 Å². The average Bonchev–Trinajstić information content (AvgIpc) is 3.39. The van der Waals surface area contributed by atoms with Crippen molar-refractivity contribution in [2.75, 3.05) is 31.1 Å². The number of piperazine rings is 1. The Hall–Kier alpha value is -3.75. The summed E-state index contributed by atoms with van der Waals surface area (Å²) in [5.74, 6) is 1.57. The van der Waals surface area contributed by atoms with E-state index in [1.165, 1.54) is 0 Å². The van der Waals surface area contributed by atoms with Crippen LogP contribution < -0.4 is 4.90 Å². The number of nitrogens with zero attached hydrogens (tertiary/aromatic N) is 8. The fourth-order valence-corrected chi connectivity index (χ4v) is 3.66. The van der Waals surface area contributed by atoms with Gasteiger partial charge in [-0.05, 0) is 24.3 Å². The highest BCUT2D eigenvalue weighted by Gasteiger charge is 2.23. The van der Waals surface area contributed by atoms with E-state index in [2.05, 4.69) is 25.1 Å². The minimum absolute atomic E-state index is 0.0113. The lowest BCUT2D eigenvalue weighted by molar-refractivity contribution is 0.0746. The summed E-state index contributed by atoms with van der Waals surface area (Å²) in [4.78, 5) is 25.6. The van der Waals surface area contributed by atoms with E-state index in [1.54, 1.807) is 18.6 Å². The zero-order valence-corrected chi connectivity index (χ0v) is 16.0. The topological polar surface area (TPSA) is 84.5 Å². The average molecular weight is 388 g/mol. The van der Waals surface area contributed by atoms with Gasteiger partial charge in [-0.25, -0.2) is 4.98 Å². The van der Waals surface area contributed by atoms with Crippen LogP contribution in [0.1, 0.15) is 10.4 Å². The molecule has 0 unspecified atom stereocenters. The Morgan fingerprint density at radius 1 is 1.03 bits per heavy atom. The van der Waals surface area contributed by atoms with E-state index < -0.39 is 0 Å². The molecule has 146 valence electrons. The van der Waals surface area contributed by atoms with E-state index in [4.69, 9.17) is 0 Å². The van der Waals surface area contributed by atoms with Crippen molar-refractivity contribution in [1.29, 1.82) is 0 Å². The van der Waals surface area contributed by atoms with Gasteiger partial charge in [0, 0.05) is 58.0 Å². The van der Waals surface area contributed by atoms with E-state index in [9.17, 15) is 4.79 Å². The third-order valence-corrected chi connectivity index (χ3v) is 5.26. The minimum Gasteiger partial charge on any atom is -0.352 e. The molecule has 1 saturated heterocycles. The van der Waals surface area contributed by atoms with Crippen molar-refractivity contribution in [2.45, 2.75) is 0 Å². The molecule has 0 bridgehead atoms. The summed E-state index contributed by atoms with van der Waals surface area (Å²) in [5, 5.41) is 8.53. The van der Waals surface area contributed by atoms with E-state index >= 15 is 0 Å². The first-order valence-corrected chi connectivity index (χ1v) is 9.47. The van der Waals surface area contributed by atoms with Crippen LogP contribution in [0.15, 0.2) is 55.2 Å². The number of carbonyl (C=O) groups excluding carboxylic acids is 1. The van der Waals surface area contributed by atoms with E-state index in [-0.39, 0.29) is 5.91 Å². The first-order chi connectivity index (χ1) is 14.2. The molecular formula is C20H20N8O. The molecule has 0 aliphatic carbocycles. The zero-order chi connectivity index (χ0) is 19.8. The Morgan fingerprint density at radius 2 is 1.90 bits per heavy atom. The monoisotopic (exact) mass is 388 g/mol. The van der Waals surface area contributed by atoms with Crippen molar-refractivity contribution in [3.05, 3.63) is 60.8 Å². The molecule has 0 spiro atoms. The molecule has 0 saturated carbocycles. The number of anilines is 1. The van der Waals surface area contributed by atoms with Crippen molar-refractivity contribution < 1.29 is 4.79 Å². The van der Waals surface area contributed by atoms with Crippen LogP contribution in [-0.2, 0) is 7.05 Å². The predicted molar refractivity (Wildman–Crippen MR) is 108 cm³/mol. The maximum absolute atomic E-state index is 13.1. The molecule has 4 aromatic rings. The fourth-order valence-electron chi connectivity index (χ4n) is 3.66. The van der Waals surface area contributed by atoms with Crippen LogP contribution in [0.4, 0.5) is 5.82 Å². The second kappa shape index (κ2) is 7.01. The smallest absolute Gasteiger partial charge is 0.255 e. The Morgan fingerprint density at radius 3 is 2.62 bits per heavy atom. The number of pyridine rings is 1. The molecule has 5 rings (SSSR count). The standard InChI is InChI=1S/C20H20N8O/c1-25-8-2-3-16(25)19-24-23-17-5-4-15(14-28(17)19)20(29)27-11-9-26(10-12-27)18-13-21-6-7-22-18/h2-8,13-14H,9-12H2,1H3.